The molecule has 0 spiro atoms. The summed E-state index contributed by atoms with van der Waals surface area (Å²) in [5.74, 6) is -1.34. The zero-order chi connectivity index (χ0) is 13.7. The summed E-state index contributed by atoms with van der Waals surface area (Å²) in [4.78, 5) is 15.4. The number of aliphatic hydroxyl groups excluding tert-OH is 1. The molecular weight excluding hydrogens is 311 g/mol. The van der Waals surface area contributed by atoms with Crippen LogP contribution in [0.1, 0.15) is 11.8 Å². The molecule has 2 N–H and O–H groups in total. The lowest BCUT2D eigenvalue weighted by Crippen LogP contribution is -2.10. The molecule has 3 aromatic rings. The number of carboxylic acid groups (broad SMARTS) is 1. The first kappa shape index (κ1) is 12.7. The van der Waals surface area contributed by atoms with Crippen LogP contribution in [0.4, 0.5) is 0 Å². The molecule has 0 bridgehead atoms. The summed E-state index contributed by atoms with van der Waals surface area (Å²) in [7, 11) is 0. The molecule has 1 atom stereocenters. The van der Waals surface area contributed by atoms with Gasteiger partial charge in [0, 0.05) is 6.20 Å². The van der Waals surface area contributed by atoms with E-state index in [2.05, 4.69) is 4.98 Å². The van der Waals surface area contributed by atoms with E-state index in [0.29, 0.717) is 15.0 Å². The number of nitrogens with zero attached hydrogens (tertiary/aromatic N) is 2. The van der Waals surface area contributed by atoms with Crippen molar-refractivity contribution in [3.63, 3.8) is 0 Å². The van der Waals surface area contributed by atoms with Crippen molar-refractivity contribution in [3.05, 3.63) is 34.1 Å². The number of fused-ring (bicyclic) bond motifs is 3. The van der Waals surface area contributed by atoms with Gasteiger partial charge in [-0.25, -0.2) is 9.78 Å². The van der Waals surface area contributed by atoms with E-state index < -0.39 is 12.1 Å². The maximum atomic E-state index is 10.7. The van der Waals surface area contributed by atoms with Crippen LogP contribution in [-0.2, 0) is 4.79 Å². The van der Waals surface area contributed by atoms with Crippen molar-refractivity contribution < 1.29 is 15.0 Å². The Morgan fingerprint density at radius 3 is 2.84 bits per heavy atom. The molecule has 0 saturated carbocycles. The highest BCUT2D eigenvalue weighted by Gasteiger charge is 2.21. The van der Waals surface area contributed by atoms with E-state index in [1.807, 2.05) is 0 Å². The van der Waals surface area contributed by atoms with Gasteiger partial charge in [0.25, 0.3) is 0 Å². The predicted molar refractivity (Wildman–Crippen MR) is 73.2 cm³/mol. The fourth-order valence-electron chi connectivity index (χ4n) is 1.78. The molecule has 0 saturated heterocycles. The van der Waals surface area contributed by atoms with Crippen molar-refractivity contribution in [2.24, 2.45) is 0 Å². The summed E-state index contributed by atoms with van der Waals surface area (Å²) in [6.45, 7) is 0. The number of aromatic nitrogens is 2. The Morgan fingerprint density at radius 1 is 1.42 bits per heavy atom. The van der Waals surface area contributed by atoms with Gasteiger partial charge in [0.15, 0.2) is 11.1 Å². The van der Waals surface area contributed by atoms with Crippen molar-refractivity contribution >= 4 is 55.7 Å². The van der Waals surface area contributed by atoms with Crippen LogP contribution in [0.2, 0.25) is 10.0 Å². The number of aliphatic hydroxyl groups is 1. The third kappa shape index (κ3) is 1.88. The van der Waals surface area contributed by atoms with Gasteiger partial charge in [-0.3, -0.25) is 4.40 Å². The summed E-state index contributed by atoms with van der Waals surface area (Å²) >= 11 is 13.3. The monoisotopic (exact) mass is 316 g/mol. The Kier molecular flexibility index (Phi) is 2.90. The number of rotatable bonds is 2. The highest BCUT2D eigenvalue weighted by Crippen LogP contribution is 2.36. The molecule has 0 amide bonds. The number of carboxylic acids is 1. The SMILES string of the molecule is O=C(O)C(O)c1cn2c(n1)sc1c(Cl)c(Cl)ccc12. The van der Waals surface area contributed by atoms with Crippen molar-refractivity contribution in [2.75, 3.05) is 0 Å². The molecule has 1 aromatic carbocycles. The summed E-state index contributed by atoms with van der Waals surface area (Å²) in [6.07, 6.45) is -0.151. The molecule has 19 heavy (non-hydrogen) atoms. The Labute approximate surface area is 120 Å². The fourth-order valence-corrected chi connectivity index (χ4v) is 3.33. The number of thiazole rings is 1. The topological polar surface area (TPSA) is 74.8 Å². The minimum absolute atomic E-state index is 0.0896. The number of hydrogen-bond donors (Lipinski definition) is 2. The van der Waals surface area contributed by atoms with Gasteiger partial charge in [0.1, 0.15) is 5.69 Å². The van der Waals surface area contributed by atoms with Crippen LogP contribution in [0.3, 0.4) is 0 Å². The van der Waals surface area contributed by atoms with Gasteiger partial charge >= 0.3 is 5.97 Å². The molecule has 3 rings (SSSR count). The molecule has 8 heteroatoms. The number of halogens is 2. The smallest absolute Gasteiger partial charge is 0.338 e. The molecule has 0 aliphatic rings. The van der Waals surface area contributed by atoms with E-state index in [1.165, 1.54) is 17.5 Å². The van der Waals surface area contributed by atoms with E-state index in [0.717, 1.165) is 10.2 Å². The summed E-state index contributed by atoms with van der Waals surface area (Å²) in [5, 5.41) is 19.1. The predicted octanol–water partition coefficient (Wildman–Crippen LogP) is 2.97. The molecule has 0 radical (unpaired) electrons. The molecule has 0 aliphatic heterocycles. The summed E-state index contributed by atoms with van der Waals surface area (Å²) < 4.78 is 2.46. The lowest BCUT2D eigenvalue weighted by molar-refractivity contribution is -0.147. The van der Waals surface area contributed by atoms with Gasteiger partial charge in [-0.05, 0) is 12.1 Å². The Bertz CT molecular complexity index is 811. The highest BCUT2D eigenvalue weighted by atomic mass is 35.5. The number of imidazole rings is 1. The van der Waals surface area contributed by atoms with E-state index in [-0.39, 0.29) is 5.69 Å². The van der Waals surface area contributed by atoms with Gasteiger partial charge < -0.3 is 10.2 Å². The average molecular weight is 317 g/mol. The van der Waals surface area contributed by atoms with Crippen molar-refractivity contribution in [1.29, 1.82) is 0 Å². The number of benzene rings is 1. The Balaban J connectivity index is 2.26. The third-order valence-corrected chi connectivity index (χ3v) is 4.69. The van der Waals surface area contributed by atoms with E-state index in [4.69, 9.17) is 28.3 Å². The zero-order valence-electron chi connectivity index (χ0n) is 9.17. The highest BCUT2D eigenvalue weighted by molar-refractivity contribution is 7.24. The van der Waals surface area contributed by atoms with E-state index >= 15 is 0 Å². The molecule has 98 valence electrons. The second-order valence-corrected chi connectivity index (χ2v) is 5.63. The fraction of sp³-hybridized carbons (Fsp3) is 0.0909. The third-order valence-electron chi connectivity index (χ3n) is 2.69. The maximum absolute atomic E-state index is 10.7. The first-order chi connectivity index (χ1) is 8.99. The van der Waals surface area contributed by atoms with Gasteiger partial charge in [-0.1, -0.05) is 34.5 Å². The van der Waals surface area contributed by atoms with Crippen LogP contribution in [0.5, 0.6) is 0 Å². The largest absolute Gasteiger partial charge is 0.479 e. The van der Waals surface area contributed by atoms with Crippen LogP contribution in [0.25, 0.3) is 15.2 Å². The molecule has 1 unspecified atom stereocenters. The van der Waals surface area contributed by atoms with Crippen LogP contribution in [0.15, 0.2) is 18.3 Å². The molecule has 2 aromatic heterocycles. The number of hydrogen-bond acceptors (Lipinski definition) is 4. The second-order valence-electron chi connectivity index (χ2n) is 3.87. The van der Waals surface area contributed by atoms with Gasteiger partial charge in [0.2, 0.25) is 0 Å². The van der Waals surface area contributed by atoms with Gasteiger partial charge in [-0.2, -0.15) is 0 Å². The van der Waals surface area contributed by atoms with Crippen LogP contribution >= 0.6 is 34.5 Å². The summed E-state index contributed by atoms with van der Waals surface area (Å²) in [5.41, 5.74) is 0.859. The van der Waals surface area contributed by atoms with Gasteiger partial charge in [0.05, 0.1) is 20.3 Å². The maximum Gasteiger partial charge on any atom is 0.338 e. The number of carbonyl (C=O) groups is 1. The van der Waals surface area contributed by atoms with Crippen molar-refractivity contribution in [1.82, 2.24) is 9.38 Å². The normalized spacial score (nSPS) is 13.2. The Hall–Kier alpha value is -1.34. The minimum atomic E-state index is -1.63. The molecule has 0 fully saturated rings. The zero-order valence-corrected chi connectivity index (χ0v) is 11.5. The average Bonchev–Trinajstić information content (AvgIpc) is 2.90. The van der Waals surface area contributed by atoms with Crippen molar-refractivity contribution in [3.8, 4) is 0 Å². The lowest BCUT2D eigenvalue weighted by Gasteiger charge is -1.99. The van der Waals surface area contributed by atoms with Crippen LogP contribution in [0, 0.1) is 0 Å². The van der Waals surface area contributed by atoms with Gasteiger partial charge in [-0.15, -0.1) is 0 Å². The van der Waals surface area contributed by atoms with Crippen LogP contribution < -0.4 is 0 Å². The van der Waals surface area contributed by atoms with E-state index in [9.17, 15) is 9.90 Å². The van der Waals surface area contributed by atoms with E-state index in [1.54, 1.807) is 16.5 Å². The van der Waals surface area contributed by atoms with Crippen molar-refractivity contribution in [2.45, 2.75) is 6.10 Å². The quantitative estimate of drug-likeness (QED) is 0.762. The Morgan fingerprint density at radius 2 is 2.16 bits per heavy atom. The lowest BCUT2D eigenvalue weighted by atomic mass is 10.3. The second kappa shape index (κ2) is 4.35. The standard InChI is InChI=1S/C11H6Cl2N2O3S/c12-4-1-2-6-9(7(4)13)19-11-14-5(3-15(6)11)8(16)10(17)18/h1-3,8,16H,(H,17,18). The molecular formula is C11H6Cl2N2O3S. The summed E-state index contributed by atoms with van der Waals surface area (Å²) in [6, 6.07) is 3.43. The molecule has 2 heterocycles. The minimum Gasteiger partial charge on any atom is -0.479 e. The number of aliphatic carboxylic acids is 1. The molecule has 5 nitrogen and oxygen atoms in total. The molecule has 0 aliphatic carbocycles. The first-order valence-corrected chi connectivity index (χ1v) is 6.72. The first-order valence-electron chi connectivity index (χ1n) is 5.15. The van der Waals surface area contributed by atoms with Crippen LogP contribution in [-0.4, -0.2) is 25.6 Å².